The Kier molecular flexibility index (Phi) is 5.93. The van der Waals surface area contributed by atoms with E-state index in [1.54, 1.807) is 4.90 Å². The van der Waals surface area contributed by atoms with E-state index < -0.39 is 0 Å². The summed E-state index contributed by atoms with van der Waals surface area (Å²) < 4.78 is 3.93. The lowest BCUT2D eigenvalue weighted by Gasteiger charge is -2.27. The highest BCUT2D eigenvalue weighted by Gasteiger charge is 2.29. The van der Waals surface area contributed by atoms with E-state index in [-0.39, 0.29) is 18.4 Å². The van der Waals surface area contributed by atoms with Gasteiger partial charge in [-0.3, -0.25) is 14.5 Å². The van der Waals surface area contributed by atoms with Crippen LogP contribution in [0.3, 0.4) is 0 Å². The third-order valence-corrected chi connectivity index (χ3v) is 7.00. The fraction of sp³-hybridized carbons (Fsp3) is 0.480. The molecule has 0 radical (unpaired) electrons. The fourth-order valence-corrected chi connectivity index (χ4v) is 5.08. The van der Waals surface area contributed by atoms with Crippen LogP contribution in [-0.2, 0) is 23.2 Å². The van der Waals surface area contributed by atoms with Crippen LogP contribution in [0.15, 0.2) is 36.5 Å². The number of likely N-dealkylation sites (tertiary alicyclic amines) is 1. The molecule has 8 nitrogen and oxygen atoms in total. The summed E-state index contributed by atoms with van der Waals surface area (Å²) in [6.07, 6.45) is 5.87. The van der Waals surface area contributed by atoms with Gasteiger partial charge in [-0.25, -0.2) is 4.68 Å². The quantitative estimate of drug-likeness (QED) is 0.603. The van der Waals surface area contributed by atoms with Gasteiger partial charge in [-0.15, -0.1) is 0 Å². The third-order valence-electron chi connectivity index (χ3n) is 7.00. The van der Waals surface area contributed by atoms with Crippen LogP contribution in [0.25, 0.3) is 22.2 Å². The lowest BCUT2D eigenvalue weighted by molar-refractivity contribution is -0.124. The van der Waals surface area contributed by atoms with Crippen LogP contribution in [0.1, 0.15) is 32.6 Å². The fourth-order valence-electron chi connectivity index (χ4n) is 5.08. The zero-order chi connectivity index (χ0) is 22.9. The number of aryl methyl sites for hydroxylation is 2. The molecule has 4 heterocycles. The van der Waals surface area contributed by atoms with Crippen molar-refractivity contribution in [3.8, 4) is 11.3 Å². The molecule has 174 valence electrons. The van der Waals surface area contributed by atoms with Gasteiger partial charge in [0.15, 0.2) is 0 Å². The van der Waals surface area contributed by atoms with Crippen molar-refractivity contribution in [2.45, 2.75) is 45.2 Å². The summed E-state index contributed by atoms with van der Waals surface area (Å²) in [5, 5.41) is 8.91. The molecular weight excluding hydrogens is 416 g/mol. The van der Waals surface area contributed by atoms with Gasteiger partial charge in [-0.2, -0.15) is 5.10 Å². The first-order valence-corrected chi connectivity index (χ1v) is 11.9. The predicted molar refractivity (Wildman–Crippen MR) is 129 cm³/mol. The minimum absolute atomic E-state index is 0.0254. The standard InChI is InChI=1S/C25H32N6O2/c1-18(29-12-5-6-13-29)9-11-26-23(32)17-30-24-15-21(27-31(24)14-10-25(30)33)20-16-28(2)22-8-4-3-7-19(20)22/h3-4,7-8,15-16,18H,5-6,9-14,17H2,1-2H3,(H,26,32). The van der Waals surface area contributed by atoms with Crippen molar-refractivity contribution in [1.29, 1.82) is 0 Å². The SMILES string of the molecule is CC(CCNC(=O)CN1C(=O)CCn2nc(-c3cn(C)c4ccccc34)cc21)N1CCCC1. The van der Waals surface area contributed by atoms with Gasteiger partial charge >= 0.3 is 0 Å². The smallest absolute Gasteiger partial charge is 0.240 e. The Bertz CT molecular complexity index is 1170. The number of rotatable bonds is 7. The van der Waals surface area contributed by atoms with Crippen LogP contribution in [0.5, 0.6) is 0 Å². The summed E-state index contributed by atoms with van der Waals surface area (Å²) in [5.74, 6) is 0.528. The Morgan fingerprint density at radius 1 is 1.18 bits per heavy atom. The average molecular weight is 449 g/mol. The maximum absolute atomic E-state index is 12.7. The molecule has 0 saturated carbocycles. The van der Waals surface area contributed by atoms with Crippen molar-refractivity contribution < 1.29 is 9.59 Å². The zero-order valence-electron chi connectivity index (χ0n) is 19.5. The largest absolute Gasteiger partial charge is 0.354 e. The number of para-hydroxylation sites is 1. The lowest BCUT2D eigenvalue weighted by atomic mass is 10.1. The van der Waals surface area contributed by atoms with Gasteiger partial charge in [0.2, 0.25) is 11.8 Å². The van der Waals surface area contributed by atoms with Crippen LogP contribution in [0.2, 0.25) is 0 Å². The van der Waals surface area contributed by atoms with Crippen molar-refractivity contribution in [3.63, 3.8) is 0 Å². The number of hydrogen-bond donors (Lipinski definition) is 1. The predicted octanol–water partition coefficient (Wildman–Crippen LogP) is 2.77. The monoisotopic (exact) mass is 448 g/mol. The van der Waals surface area contributed by atoms with E-state index in [2.05, 4.69) is 40.0 Å². The van der Waals surface area contributed by atoms with Crippen LogP contribution in [0.4, 0.5) is 5.82 Å². The van der Waals surface area contributed by atoms with Crippen molar-refractivity contribution in [2.75, 3.05) is 31.1 Å². The van der Waals surface area contributed by atoms with Gasteiger partial charge in [0.25, 0.3) is 0 Å². The Morgan fingerprint density at radius 3 is 2.79 bits per heavy atom. The van der Waals surface area contributed by atoms with Gasteiger partial charge in [0, 0.05) is 54.8 Å². The third kappa shape index (κ3) is 4.27. The molecule has 1 unspecified atom stereocenters. The summed E-state index contributed by atoms with van der Waals surface area (Å²) in [5.41, 5.74) is 2.98. The second-order valence-electron chi connectivity index (χ2n) is 9.24. The number of amides is 2. The van der Waals surface area contributed by atoms with E-state index in [4.69, 9.17) is 5.10 Å². The van der Waals surface area contributed by atoms with E-state index in [9.17, 15) is 9.59 Å². The molecule has 0 bridgehead atoms. The number of anilines is 1. The summed E-state index contributed by atoms with van der Waals surface area (Å²) in [4.78, 5) is 29.4. The number of hydrogen-bond acceptors (Lipinski definition) is 4. The molecule has 2 aromatic heterocycles. The molecular formula is C25H32N6O2. The Labute approximate surface area is 194 Å². The first-order chi connectivity index (χ1) is 16.0. The Hall–Kier alpha value is -3.13. The van der Waals surface area contributed by atoms with Gasteiger partial charge in [0.05, 0.1) is 12.2 Å². The van der Waals surface area contributed by atoms with E-state index in [1.807, 2.05) is 29.9 Å². The molecule has 1 fully saturated rings. The van der Waals surface area contributed by atoms with Gasteiger partial charge in [-0.05, 0) is 45.3 Å². The van der Waals surface area contributed by atoms with E-state index >= 15 is 0 Å². The lowest BCUT2D eigenvalue weighted by Crippen LogP contribution is -2.45. The molecule has 2 aliphatic heterocycles. The van der Waals surface area contributed by atoms with Gasteiger partial charge in [0.1, 0.15) is 12.4 Å². The first-order valence-electron chi connectivity index (χ1n) is 11.9. The van der Waals surface area contributed by atoms with Crippen molar-refractivity contribution in [1.82, 2.24) is 24.6 Å². The normalized spacial score (nSPS) is 17.5. The molecule has 2 aliphatic rings. The number of carbonyl (C=O) groups excluding carboxylic acids is 2. The minimum Gasteiger partial charge on any atom is -0.354 e. The van der Waals surface area contributed by atoms with Crippen molar-refractivity contribution >= 4 is 28.5 Å². The number of aromatic nitrogens is 3. The van der Waals surface area contributed by atoms with Gasteiger partial charge < -0.3 is 14.8 Å². The number of fused-ring (bicyclic) bond motifs is 2. The zero-order valence-corrected chi connectivity index (χ0v) is 19.5. The van der Waals surface area contributed by atoms with E-state index in [1.165, 1.54) is 12.8 Å². The summed E-state index contributed by atoms with van der Waals surface area (Å²) >= 11 is 0. The van der Waals surface area contributed by atoms with Crippen molar-refractivity contribution in [2.24, 2.45) is 7.05 Å². The number of nitrogens with one attached hydrogen (secondary N) is 1. The molecule has 1 atom stereocenters. The highest BCUT2D eigenvalue weighted by Crippen LogP contribution is 2.33. The molecule has 5 rings (SSSR count). The molecule has 0 aliphatic carbocycles. The van der Waals surface area contributed by atoms with E-state index in [0.29, 0.717) is 31.4 Å². The average Bonchev–Trinajstić information content (AvgIpc) is 3.55. The number of carbonyl (C=O) groups is 2. The number of benzene rings is 1. The number of nitrogens with zero attached hydrogens (tertiary/aromatic N) is 5. The molecule has 0 spiro atoms. The molecule has 1 N–H and O–H groups in total. The molecule has 2 amide bonds. The highest BCUT2D eigenvalue weighted by molar-refractivity contribution is 6.00. The van der Waals surface area contributed by atoms with E-state index in [0.717, 1.165) is 41.7 Å². The maximum Gasteiger partial charge on any atom is 0.240 e. The second-order valence-corrected chi connectivity index (χ2v) is 9.24. The second kappa shape index (κ2) is 9.02. The van der Waals surface area contributed by atoms with Crippen LogP contribution in [-0.4, -0.2) is 63.3 Å². The summed E-state index contributed by atoms with van der Waals surface area (Å²) in [7, 11) is 2.02. The highest BCUT2D eigenvalue weighted by atomic mass is 16.2. The summed E-state index contributed by atoms with van der Waals surface area (Å²) in [6.45, 7) is 5.71. The summed E-state index contributed by atoms with van der Waals surface area (Å²) in [6, 6.07) is 10.6. The molecule has 3 aromatic rings. The molecule has 33 heavy (non-hydrogen) atoms. The molecule has 1 aromatic carbocycles. The van der Waals surface area contributed by atoms with Crippen LogP contribution >= 0.6 is 0 Å². The first kappa shape index (κ1) is 21.7. The topological polar surface area (TPSA) is 75.4 Å². The molecule has 1 saturated heterocycles. The molecule has 8 heteroatoms. The van der Waals surface area contributed by atoms with Crippen molar-refractivity contribution in [3.05, 3.63) is 36.5 Å². The van der Waals surface area contributed by atoms with Gasteiger partial charge in [-0.1, -0.05) is 18.2 Å². The Morgan fingerprint density at radius 2 is 1.97 bits per heavy atom. The maximum atomic E-state index is 12.7. The minimum atomic E-state index is -0.127. The van der Waals surface area contributed by atoms with Crippen LogP contribution in [0, 0.1) is 0 Å². The Balaban J connectivity index is 1.28. The van der Waals surface area contributed by atoms with Crippen LogP contribution < -0.4 is 10.2 Å².